The molecule has 2 aliphatic heterocycles. The van der Waals surface area contributed by atoms with Gasteiger partial charge in [-0.1, -0.05) is 18.2 Å². The number of nitrogens with two attached hydrogens (primary N) is 1. The molecule has 3 N–H and O–H groups in total. The molecule has 0 saturated carbocycles. The van der Waals surface area contributed by atoms with Crippen LogP contribution in [0.15, 0.2) is 48.7 Å². The number of alkyl halides is 1. The first-order valence-electron chi connectivity index (χ1n) is 14.4. The fraction of sp³-hybridized carbons (Fsp3) is 0.367. The molecular formula is C30H32F2N7O4S-. The Morgan fingerprint density at radius 2 is 1.73 bits per heavy atom. The van der Waals surface area contributed by atoms with Gasteiger partial charge in [0.05, 0.1) is 37.6 Å². The number of hydrogen-bond acceptors (Lipinski definition) is 10. The number of anilines is 3. The van der Waals surface area contributed by atoms with E-state index >= 15 is 8.78 Å². The van der Waals surface area contributed by atoms with Gasteiger partial charge in [-0.25, -0.2) is 28.5 Å². The first-order valence-corrected chi connectivity index (χ1v) is 15.4. The smallest absolute Gasteiger partial charge is 0.163 e. The number of halogens is 2. The summed E-state index contributed by atoms with van der Waals surface area (Å²) in [5, 5.41) is 0.724. The Hall–Kier alpha value is -3.82. The van der Waals surface area contributed by atoms with Crippen LogP contribution in [0.3, 0.4) is 0 Å². The minimum atomic E-state index is -2.52. The topological polar surface area (TPSA) is 142 Å². The van der Waals surface area contributed by atoms with Gasteiger partial charge in [0.2, 0.25) is 0 Å². The van der Waals surface area contributed by atoms with E-state index in [9.17, 15) is 8.76 Å². The van der Waals surface area contributed by atoms with Crippen LogP contribution in [0.4, 0.5) is 26.1 Å². The zero-order chi connectivity index (χ0) is 30.6. The molecule has 14 heteroatoms. The Bertz CT molecular complexity index is 1650. The molecule has 4 heterocycles. The van der Waals surface area contributed by atoms with Gasteiger partial charge >= 0.3 is 0 Å². The van der Waals surface area contributed by atoms with Crippen LogP contribution < -0.4 is 20.3 Å². The van der Waals surface area contributed by atoms with E-state index in [-0.39, 0.29) is 24.1 Å². The monoisotopic (exact) mass is 624 g/mol. The van der Waals surface area contributed by atoms with E-state index in [1.165, 1.54) is 6.07 Å². The second-order valence-corrected chi connectivity index (χ2v) is 11.3. The molecule has 0 aliphatic carbocycles. The zero-order valence-electron chi connectivity index (χ0n) is 23.9. The van der Waals surface area contributed by atoms with Crippen LogP contribution in [-0.2, 0) is 20.7 Å². The van der Waals surface area contributed by atoms with Gasteiger partial charge in [-0.15, -0.1) is 0 Å². The Balaban J connectivity index is 1.53. The normalized spacial score (nSPS) is 17.2. The average Bonchev–Trinajstić information content (AvgIpc) is 3.05. The van der Waals surface area contributed by atoms with Crippen molar-refractivity contribution in [1.82, 2.24) is 19.7 Å². The van der Waals surface area contributed by atoms with Crippen molar-refractivity contribution in [3.63, 3.8) is 0 Å². The van der Waals surface area contributed by atoms with Crippen LogP contribution in [0, 0.1) is 5.82 Å². The Morgan fingerprint density at radius 3 is 2.41 bits per heavy atom. The number of pyridine rings is 1. The number of rotatable bonds is 9. The molecule has 0 bridgehead atoms. The van der Waals surface area contributed by atoms with Gasteiger partial charge in [0, 0.05) is 72.3 Å². The number of hydrogen-bond donors (Lipinski definition) is 2. The van der Waals surface area contributed by atoms with Crippen LogP contribution >= 0.6 is 0 Å². The summed E-state index contributed by atoms with van der Waals surface area (Å²) in [4.78, 5) is 18.5. The molecule has 2 fully saturated rings. The average molecular weight is 625 g/mol. The van der Waals surface area contributed by atoms with E-state index < -0.39 is 23.3 Å². The van der Waals surface area contributed by atoms with E-state index in [1.54, 1.807) is 24.4 Å². The maximum absolute atomic E-state index is 16.1. The lowest BCUT2D eigenvalue weighted by Gasteiger charge is -2.32. The van der Waals surface area contributed by atoms with Gasteiger partial charge in [0.15, 0.2) is 5.82 Å². The number of morpholine rings is 2. The first-order chi connectivity index (χ1) is 21.4. The highest BCUT2D eigenvalue weighted by molar-refractivity contribution is 7.77. The van der Waals surface area contributed by atoms with Gasteiger partial charge < -0.3 is 29.6 Å². The molecule has 2 aromatic carbocycles. The van der Waals surface area contributed by atoms with Crippen molar-refractivity contribution in [3.05, 3.63) is 60.0 Å². The van der Waals surface area contributed by atoms with Crippen LogP contribution in [0.5, 0.6) is 0 Å². The standard InChI is InChI=1S/C30H33F2N7O4S/c31-24(6-7-35-44(40)41)22-3-1-2-21(27(22)32)20-16-23-28(25(17-20)38-8-12-42-13-9-38)36-29(19-4-5-26(33)34-18-19)37-30(23)39-10-14-43-15-11-39/h1-5,16-18,24,35H,6-15H2,(H2,33,34)(H,40,41)/p-1. The van der Waals surface area contributed by atoms with Crippen LogP contribution in [-0.4, -0.2) is 82.9 Å². The summed E-state index contributed by atoms with van der Waals surface area (Å²) in [6.07, 6.45) is -0.266. The maximum atomic E-state index is 16.1. The van der Waals surface area contributed by atoms with Crippen molar-refractivity contribution in [2.45, 2.75) is 12.6 Å². The molecule has 0 spiro atoms. The third-order valence-electron chi connectivity index (χ3n) is 7.76. The van der Waals surface area contributed by atoms with Gasteiger partial charge in [-0.2, -0.15) is 0 Å². The molecule has 232 valence electrons. The quantitative estimate of drug-likeness (QED) is 0.266. The SMILES string of the molecule is Nc1ccc(-c2nc(N3CCOCC3)c3cc(-c4cccc(C(F)CCNS(=O)[O-])c4F)cc(N4CCOCC4)c3n2)cn1. The Morgan fingerprint density at radius 1 is 1.00 bits per heavy atom. The lowest BCUT2D eigenvalue weighted by atomic mass is 9.96. The summed E-state index contributed by atoms with van der Waals surface area (Å²) in [5.74, 6) is 0.847. The summed E-state index contributed by atoms with van der Waals surface area (Å²) >= 11 is -2.52. The highest BCUT2D eigenvalue weighted by Gasteiger charge is 2.25. The maximum Gasteiger partial charge on any atom is 0.163 e. The largest absolute Gasteiger partial charge is 0.760 e. The number of ether oxygens (including phenoxy) is 2. The second-order valence-electron chi connectivity index (χ2n) is 10.5. The number of nitrogens with zero attached hydrogens (tertiary/aromatic N) is 5. The van der Waals surface area contributed by atoms with Crippen LogP contribution in [0.25, 0.3) is 33.4 Å². The van der Waals surface area contributed by atoms with Crippen LogP contribution in [0.2, 0.25) is 0 Å². The van der Waals surface area contributed by atoms with E-state index in [0.717, 1.165) is 11.1 Å². The molecule has 0 amide bonds. The van der Waals surface area contributed by atoms with Gasteiger partial charge in [-0.05, 0) is 36.2 Å². The number of nitrogens with one attached hydrogen (secondary N) is 1. The lowest BCUT2D eigenvalue weighted by molar-refractivity contribution is 0.122. The van der Waals surface area contributed by atoms with E-state index in [4.69, 9.17) is 25.2 Å². The molecule has 2 aromatic heterocycles. The van der Waals surface area contributed by atoms with Crippen LogP contribution in [0.1, 0.15) is 18.2 Å². The second kappa shape index (κ2) is 13.4. The number of fused-ring (bicyclic) bond motifs is 1. The molecule has 4 aromatic rings. The molecule has 0 radical (unpaired) electrons. The summed E-state index contributed by atoms with van der Waals surface area (Å²) in [6, 6.07) is 11.9. The third-order valence-corrected chi connectivity index (χ3v) is 8.20. The molecule has 2 unspecified atom stereocenters. The summed E-state index contributed by atoms with van der Waals surface area (Å²) in [7, 11) is 0. The van der Waals surface area contributed by atoms with Crippen molar-refractivity contribution in [1.29, 1.82) is 0 Å². The fourth-order valence-corrected chi connectivity index (χ4v) is 5.81. The molecule has 2 aliphatic rings. The third kappa shape index (κ3) is 6.49. The molecule has 11 nitrogen and oxygen atoms in total. The van der Waals surface area contributed by atoms with Crippen molar-refractivity contribution < 1.29 is 27.0 Å². The van der Waals surface area contributed by atoms with Crippen molar-refractivity contribution in [2.24, 2.45) is 0 Å². The number of benzene rings is 2. The minimum absolute atomic E-state index is 0.134. The number of aromatic nitrogens is 3. The van der Waals surface area contributed by atoms with Crippen molar-refractivity contribution in [3.8, 4) is 22.5 Å². The molecule has 44 heavy (non-hydrogen) atoms. The van der Waals surface area contributed by atoms with E-state index in [1.807, 2.05) is 18.2 Å². The summed E-state index contributed by atoms with van der Waals surface area (Å²) in [6.45, 7) is 4.40. The van der Waals surface area contributed by atoms with Gasteiger partial charge in [0.1, 0.15) is 23.6 Å². The summed E-state index contributed by atoms with van der Waals surface area (Å²) < 4.78 is 66.2. The minimum Gasteiger partial charge on any atom is -0.760 e. The lowest BCUT2D eigenvalue weighted by Crippen LogP contribution is -2.37. The van der Waals surface area contributed by atoms with Gasteiger partial charge in [-0.3, -0.25) is 4.21 Å². The summed E-state index contributed by atoms with van der Waals surface area (Å²) in [5.41, 5.74) is 8.65. The van der Waals surface area contributed by atoms with E-state index in [0.29, 0.717) is 86.7 Å². The number of nitrogen functional groups attached to an aromatic ring is 1. The molecule has 2 atom stereocenters. The van der Waals surface area contributed by atoms with Gasteiger partial charge in [0.25, 0.3) is 0 Å². The Kier molecular flexibility index (Phi) is 9.23. The zero-order valence-corrected chi connectivity index (χ0v) is 24.7. The predicted molar refractivity (Wildman–Crippen MR) is 164 cm³/mol. The highest BCUT2D eigenvalue weighted by atomic mass is 32.2. The Labute approximate surface area is 255 Å². The fourth-order valence-electron chi connectivity index (χ4n) is 5.52. The van der Waals surface area contributed by atoms with Crippen molar-refractivity contribution >= 4 is 39.5 Å². The van der Waals surface area contributed by atoms with Crippen molar-refractivity contribution in [2.75, 3.05) is 74.7 Å². The highest BCUT2D eigenvalue weighted by Crippen LogP contribution is 2.40. The molecule has 2 saturated heterocycles. The molecular weight excluding hydrogens is 592 g/mol. The van der Waals surface area contributed by atoms with E-state index in [2.05, 4.69) is 19.5 Å². The molecule has 6 rings (SSSR count). The predicted octanol–water partition coefficient (Wildman–Crippen LogP) is 3.54. The first kappa shape index (κ1) is 30.2.